The molecule has 4 nitrogen and oxygen atoms in total. The van der Waals surface area contributed by atoms with Gasteiger partial charge >= 0.3 is 0 Å². The lowest BCUT2D eigenvalue weighted by molar-refractivity contribution is -0.0240. The van der Waals surface area contributed by atoms with Gasteiger partial charge in [0.1, 0.15) is 0 Å². The van der Waals surface area contributed by atoms with Gasteiger partial charge in [-0.1, -0.05) is 49.2 Å². The summed E-state index contributed by atoms with van der Waals surface area (Å²) in [7, 11) is 1.68. The summed E-state index contributed by atoms with van der Waals surface area (Å²) in [6.07, 6.45) is 2.74. The van der Waals surface area contributed by atoms with E-state index in [4.69, 9.17) is 26.2 Å². The molecule has 2 aliphatic heterocycles. The monoisotopic (exact) mass is 356 g/mol. The standard InChI is InChI=1S/C20H21ClN2O2/c1-3-5-19-23-17(15-6-4-7-18(24-2)20(15)25-19)12-16(22-23)13-8-10-14(21)11-9-13/h4,6-11,17,19H,3,5,12H2,1-2H3/t17-,19+/m0/s1. The van der Waals surface area contributed by atoms with E-state index in [1.165, 1.54) is 0 Å². The van der Waals surface area contributed by atoms with E-state index in [1.807, 2.05) is 36.4 Å². The maximum absolute atomic E-state index is 6.28. The molecule has 0 saturated heterocycles. The van der Waals surface area contributed by atoms with Gasteiger partial charge in [-0.15, -0.1) is 0 Å². The van der Waals surface area contributed by atoms with Crippen LogP contribution in [-0.2, 0) is 0 Å². The van der Waals surface area contributed by atoms with Gasteiger partial charge < -0.3 is 9.47 Å². The fourth-order valence-corrected chi connectivity index (χ4v) is 3.70. The average Bonchev–Trinajstić information content (AvgIpc) is 3.08. The van der Waals surface area contributed by atoms with Gasteiger partial charge in [-0.2, -0.15) is 5.10 Å². The van der Waals surface area contributed by atoms with E-state index < -0.39 is 0 Å². The van der Waals surface area contributed by atoms with E-state index in [0.29, 0.717) is 0 Å². The second-order valence-corrected chi connectivity index (χ2v) is 6.83. The molecule has 0 aliphatic carbocycles. The van der Waals surface area contributed by atoms with Gasteiger partial charge in [0, 0.05) is 23.4 Å². The van der Waals surface area contributed by atoms with Gasteiger partial charge in [-0.3, -0.25) is 5.01 Å². The molecule has 2 aromatic carbocycles. The number of rotatable bonds is 4. The minimum Gasteiger partial charge on any atom is -0.493 e. The first-order chi connectivity index (χ1) is 12.2. The maximum Gasteiger partial charge on any atom is 0.187 e. The first-order valence-corrected chi connectivity index (χ1v) is 9.04. The molecule has 2 heterocycles. The number of ether oxygens (including phenoxy) is 2. The molecular formula is C20H21ClN2O2. The topological polar surface area (TPSA) is 34.1 Å². The van der Waals surface area contributed by atoms with Crippen LogP contribution in [0.5, 0.6) is 11.5 Å². The summed E-state index contributed by atoms with van der Waals surface area (Å²) in [5, 5.41) is 7.76. The van der Waals surface area contributed by atoms with Gasteiger partial charge in [0.2, 0.25) is 0 Å². The molecule has 0 amide bonds. The predicted octanol–water partition coefficient (Wildman–Crippen LogP) is 5.02. The van der Waals surface area contributed by atoms with Crippen molar-refractivity contribution in [1.82, 2.24) is 5.01 Å². The zero-order valence-corrected chi connectivity index (χ0v) is 15.2. The molecule has 0 spiro atoms. The lowest BCUT2D eigenvalue weighted by atomic mass is 9.96. The molecule has 2 aliphatic rings. The van der Waals surface area contributed by atoms with Crippen molar-refractivity contribution in [2.24, 2.45) is 5.10 Å². The number of hydrogen-bond donors (Lipinski definition) is 0. The zero-order chi connectivity index (χ0) is 17.4. The second-order valence-electron chi connectivity index (χ2n) is 6.39. The van der Waals surface area contributed by atoms with Crippen LogP contribution in [0.3, 0.4) is 0 Å². The van der Waals surface area contributed by atoms with Crippen molar-refractivity contribution >= 4 is 17.3 Å². The van der Waals surface area contributed by atoms with Crippen LogP contribution >= 0.6 is 11.6 Å². The summed E-state index contributed by atoms with van der Waals surface area (Å²) in [5.74, 6) is 1.65. The molecule has 2 atom stereocenters. The molecule has 0 aromatic heterocycles. The van der Waals surface area contributed by atoms with Crippen LogP contribution in [0.15, 0.2) is 47.6 Å². The minimum absolute atomic E-state index is 0.0661. The second kappa shape index (κ2) is 6.60. The molecule has 25 heavy (non-hydrogen) atoms. The molecule has 0 bridgehead atoms. The lowest BCUT2D eigenvalue weighted by Gasteiger charge is -2.38. The van der Waals surface area contributed by atoms with Crippen LogP contribution in [0.1, 0.15) is 43.4 Å². The Labute approximate surface area is 153 Å². The highest BCUT2D eigenvalue weighted by Crippen LogP contribution is 2.47. The first kappa shape index (κ1) is 16.3. The van der Waals surface area contributed by atoms with Crippen molar-refractivity contribution in [2.45, 2.75) is 38.5 Å². The lowest BCUT2D eigenvalue weighted by Crippen LogP contribution is -2.40. The van der Waals surface area contributed by atoms with E-state index in [-0.39, 0.29) is 12.3 Å². The highest BCUT2D eigenvalue weighted by atomic mass is 35.5. The fourth-order valence-electron chi connectivity index (χ4n) is 3.57. The van der Waals surface area contributed by atoms with Crippen molar-refractivity contribution < 1.29 is 9.47 Å². The fraction of sp³-hybridized carbons (Fsp3) is 0.350. The van der Waals surface area contributed by atoms with Crippen LogP contribution in [0.25, 0.3) is 0 Å². The largest absolute Gasteiger partial charge is 0.493 e. The van der Waals surface area contributed by atoms with E-state index >= 15 is 0 Å². The van der Waals surface area contributed by atoms with Crippen LogP contribution in [0.2, 0.25) is 5.02 Å². The van der Waals surface area contributed by atoms with Crippen molar-refractivity contribution in [3.8, 4) is 11.5 Å². The van der Waals surface area contributed by atoms with Gasteiger partial charge in [0.25, 0.3) is 0 Å². The molecule has 2 aromatic rings. The quantitative estimate of drug-likeness (QED) is 0.771. The van der Waals surface area contributed by atoms with E-state index in [1.54, 1.807) is 7.11 Å². The van der Waals surface area contributed by atoms with Gasteiger partial charge in [-0.25, -0.2) is 0 Å². The Morgan fingerprint density at radius 2 is 2.04 bits per heavy atom. The molecule has 5 heteroatoms. The third kappa shape index (κ3) is 2.85. The van der Waals surface area contributed by atoms with Crippen molar-refractivity contribution in [3.63, 3.8) is 0 Å². The van der Waals surface area contributed by atoms with E-state index in [2.05, 4.69) is 18.0 Å². The SMILES string of the molecule is CCC[C@H]1Oc2c(OC)cccc2[C@@H]2CC(c3ccc(Cl)cc3)=NN12. The Bertz CT molecular complexity index is 804. The average molecular weight is 357 g/mol. The van der Waals surface area contributed by atoms with Crippen molar-refractivity contribution in [3.05, 3.63) is 58.6 Å². The summed E-state index contributed by atoms with van der Waals surface area (Å²) in [5.41, 5.74) is 3.32. The molecule has 0 N–H and O–H groups in total. The highest BCUT2D eigenvalue weighted by molar-refractivity contribution is 6.30. The molecule has 0 saturated carbocycles. The number of nitrogens with zero attached hydrogens (tertiary/aromatic N) is 2. The third-order valence-electron chi connectivity index (χ3n) is 4.79. The van der Waals surface area contributed by atoms with Gasteiger partial charge in [-0.05, 0) is 23.8 Å². The number of halogens is 1. The number of methoxy groups -OCH3 is 1. The van der Waals surface area contributed by atoms with E-state index in [0.717, 1.165) is 52.6 Å². The highest BCUT2D eigenvalue weighted by Gasteiger charge is 2.40. The Hall–Kier alpha value is -2.20. The Morgan fingerprint density at radius 1 is 1.24 bits per heavy atom. The minimum atomic E-state index is -0.0661. The number of para-hydroxylation sites is 1. The van der Waals surface area contributed by atoms with Crippen molar-refractivity contribution in [1.29, 1.82) is 0 Å². The van der Waals surface area contributed by atoms with Crippen LogP contribution in [0.4, 0.5) is 0 Å². The summed E-state index contributed by atoms with van der Waals surface area (Å²) < 4.78 is 11.8. The molecule has 0 radical (unpaired) electrons. The number of fused-ring (bicyclic) bond motifs is 3. The van der Waals surface area contributed by atoms with Crippen LogP contribution in [-0.4, -0.2) is 24.1 Å². The maximum atomic E-state index is 6.28. The van der Waals surface area contributed by atoms with E-state index in [9.17, 15) is 0 Å². The van der Waals surface area contributed by atoms with Gasteiger partial charge in [0.15, 0.2) is 17.7 Å². The predicted molar refractivity (Wildman–Crippen MR) is 99.5 cm³/mol. The Balaban J connectivity index is 1.73. The molecule has 0 unspecified atom stereocenters. The number of benzene rings is 2. The summed E-state index contributed by atoms with van der Waals surface area (Å²) in [4.78, 5) is 0. The molecule has 0 fully saturated rings. The molecule has 130 valence electrons. The number of hydrogen-bond acceptors (Lipinski definition) is 4. The third-order valence-corrected chi connectivity index (χ3v) is 5.04. The summed E-state index contributed by atoms with van der Waals surface area (Å²) in [6, 6.07) is 14.1. The van der Waals surface area contributed by atoms with Crippen molar-refractivity contribution in [2.75, 3.05) is 7.11 Å². The molecular weight excluding hydrogens is 336 g/mol. The Morgan fingerprint density at radius 3 is 2.76 bits per heavy atom. The molecule has 4 rings (SSSR count). The van der Waals surface area contributed by atoms with Gasteiger partial charge in [0.05, 0.1) is 18.9 Å². The summed E-state index contributed by atoms with van der Waals surface area (Å²) >= 11 is 6.02. The zero-order valence-electron chi connectivity index (χ0n) is 14.4. The van der Waals surface area contributed by atoms with Crippen LogP contribution < -0.4 is 9.47 Å². The Kier molecular flexibility index (Phi) is 4.30. The van der Waals surface area contributed by atoms with Crippen LogP contribution in [0, 0.1) is 0 Å². The number of hydrazone groups is 1. The smallest absolute Gasteiger partial charge is 0.187 e. The normalized spacial score (nSPS) is 21.2. The summed E-state index contributed by atoms with van der Waals surface area (Å²) in [6.45, 7) is 2.16. The first-order valence-electron chi connectivity index (χ1n) is 8.66.